The summed E-state index contributed by atoms with van der Waals surface area (Å²) < 4.78 is 314. The molecule has 3 N–H and O–H groups in total. The monoisotopic (exact) mass is 824 g/mol. The molecule has 0 aromatic rings. The van der Waals surface area contributed by atoms with Gasteiger partial charge in [-0.2, -0.15) is 101 Å². The van der Waals surface area contributed by atoms with Crippen LogP contribution in [-0.2, 0) is 29.0 Å². The van der Waals surface area contributed by atoms with Gasteiger partial charge in [0, 0.05) is 13.6 Å². The lowest BCUT2D eigenvalue weighted by Crippen LogP contribution is -2.69. The lowest BCUT2D eigenvalue weighted by molar-refractivity contribution is -0.594. The lowest BCUT2D eigenvalue weighted by Gasteiger charge is -2.41. The van der Waals surface area contributed by atoms with Crippen molar-refractivity contribution in [3.8, 4) is 0 Å². The summed E-state index contributed by atoms with van der Waals surface area (Å²) in [4.78, 5) is 7.17. The van der Waals surface area contributed by atoms with Crippen molar-refractivity contribution in [2.24, 2.45) is 0 Å². The molecule has 0 saturated carbocycles. The molecule has 0 amide bonds. The van der Waals surface area contributed by atoms with Crippen molar-refractivity contribution < 1.29 is 159 Å². The number of hydrogen-bond donors (Lipinski definition) is 3. The molecule has 0 aliphatic heterocycles. The summed E-state index contributed by atoms with van der Waals surface area (Å²) >= 11 is 0. The number of alkyl halides is 17. The number of aliphatic hydroxyl groups is 3. The Kier molecular flexibility index (Phi) is 20.5. The molecule has 302 valence electrons. The molecule has 0 aromatic heterocycles. The SMILES string of the molecule is FOC=C(F)F.FOC=C(F)F.FOC=C(F)F.OC(F)(F)C(F)(F)OC(F)(F)C(F)(OC(F)(F)C(O)(F)F)C(F)(F)OC(F)(F)C(O)(F)F. The van der Waals surface area contributed by atoms with Crippen LogP contribution in [0.15, 0.2) is 37.0 Å². The van der Waals surface area contributed by atoms with Crippen LogP contribution in [0.2, 0.25) is 0 Å². The number of ether oxygens (including phenoxy) is 3. The number of rotatable bonds is 14. The minimum absolute atomic E-state index is 0.292. The molecule has 0 unspecified atom stereocenters. The molecular weight excluding hydrogens is 818 g/mol. The second kappa shape index (κ2) is 19.2. The average molecular weight is 824 g/mol. The molecule has 0 aromatic carbocycles. The van der Waals surface area contributed by atoms with E-state index in [9.17, 15) is 115 Å². The lowest BCUT2D eigenvalue weighted by atomic mass is 10.2. The van der Waals surface area contributed by atoms with E-state index in [1.54, 1.807) is 0 Å². The van der Waals surface area contributed by atoms with Crippen molar-refractivity contribution in [3.63, 3.8) is 0 Å². The Morgan fingerprint density at radius 1 is 0.340 bits per heavy atom. The van der Waals surface area contributed by atoms with E-state index in [2.05, 4.69) is 14.8 Å². The van der Waals surface area contributed by atoms with Crippen LogP contribution in [0.3, 0.4) is 0 Å². The first-order chi connectivity index (χ1) is 21.7. The van der Waals surface area contributed by atoms with Crippen LogP contribution in [0.25, 0.3) is 0 Å². The Morgan fingerprint density at radius 3 is 0.640 bits per heavy atom. The van der Waals surface area contributed by atoms with E-state index in [4.69, 9.17) is 15.3 Å². The van der Waals surface area contributed by atoms with E-state index >= 15 is 0 Å². The Morgan fingerprint density at radius 2 is 0.520 bits per heavy atom. The van der Waals surface area contributed by atoms with Crippen molar-refractivity contribution in [1.82, 2.24) is 0 Å². The number of halogens is 26. The zero-order chi connectivity index (χ0) is 41.6. The first kappa shape index (κ1) is 53.4. The van der Waals surface area contributed by atoms with Crippen LogP contribution in [-0.4, -0.2) is 70.0 Å². The van der Waals surface area contributed by atoms with Gasteiger partial charge in [0.15, 0.2) is 0 Å². The van der Waals surface area contributed by atoms with Gasteiger partial charge >= 0.3 is 73.0 Å². The van der Waals surface area contributed by atoms with Gasteiger partial charge < -0.3 is 15.3 Å². The highest BCUT2D eigenvalue weighted by Crippen LogP contribution is 2.55. The zero-order valence-electron chi connectivity index (χ0n) is 21.4. The molecule has 0 aliphatic rings. The van der Waals surface area contributed by atoms with Crippen LogP contribution in [0.4, 0.5) is 115 Å². The van der Waals surface area contributed by atoms with E-state index in [1.165, 1.54) is 14.2 Å². The highest BCUT2D eigenvalue weighted by atomic mass is 19.4. The van der Waals surface area contributed by atoms with Crippen LogP contribution in [0.5, 0.6) is 0 Å². The smallest absolute Gasteiger partial charge is 0.329 e. The first-order valence-electron chi connectivity index (χ1n) is 9.53. The van der Waals surface area contributed by atoms with Gasteiger partial charge in [-0.05, 0) is 0 Å². The molecule has 35 heteroatoms. The van der Waals surface area contributed by atoms with Gasteiger partial charge in [0.1, 0.15) is 0 Å². The maximum Gasteiger partial charge on any atom is 0.452 e. The van der Waals surface area contributed by atoms with E-state index in [0.29, 0.717) is 0 Å². The maximum atomic E-state index is 14.0. The molecule has 0 bridgehead atoms. The van der Waals surface area contributed by atoms with Crippen LogP contribution in [0.1, 0.15) is 0 Å². The van der Waals surface area contributed by atoms with E-state index in [-0.39, 0.29) is 18.8 Å². The zero-order valence-corrected chi connectivity index (χ0v) is 21.4. The minimum Gasteiger partial charge on any atom is -0.329 e. The van der Waals surface area contributed by atoms with Gasteiger partial charge in [-0.15, -0.1) is 0 Å². The molecule has 50 heavy (non-hydrogen) atoms. The second-order valence-corrected chi connectivity index (χ2v) is 6.60. The fourth-order valence-corrected chi connectivity index (χ4v) is 1.20. The molecule has 9 nitrogen and oxygen atoms in total. The molecule has 0 aliphatic carbocycles. The van der Waals surface area contributed by atoms with Gasteiger partial charge in [0.05, 0.1) is 0 Å². The molecular formula is C15H6F26O9. The van der Waals surface area contributed by atoms with Gasteiger partial charge in [0.25, 0.3) is 0 Å². The Labute approximate surface area is 252 Å². The molecule has 0 fully saturated rings. The standard InChI is InChI=1S/C9H3F17O6.3C2HF3O/c10-1(30-7(21,22)2(11,12)27,5(17,18)31-8(23,24)3(13,14)28)6(19,20)32-9(25,26)4(15,16)29;3*3-2(4)1-6-5/h27-29H;3*1H. The predicted molar refractivity (Wildman–Crippen MR) is 90.8 cm³/mol. The molecule has 0 radical (unpaired) electrons. The third kappa shape index (κ3) is 18.0. The van der Waals surface area contributed by atoms with E-state index in [0.717, 1.165) is 0 Å². The second-order valence-electron chi connectivity index (χ2n) is 6.60. The summed E-state index contributed by atoms with van der Waals surface area (Å²) in [6, 6.07) is 0. The molecule has 0 heterocycles. The summed E-state index contributed by atoms with van der Waals surface area (Å²) in [6.45, 7) is 0. The van der Waals surface area contributed by atoms with Gasteiger partial charge in [0.2, 0.25) is 18.8 Å². The largest absolute Gasteiger partial charge is 0.452 e. The molecule has 0 spiro atoms. The topological polar surface area (TPSA) is 116 Å². The summed E-state index contributed by atoms with van der Waals surface area (Å²) in [6.07, 6.45) is -66.7. The third-order valence-electron chi connectivity index (χ3n) is 2.98. The van der Waals surface area contributed by atoms with Crippen LogP contribution >= 0.6 is 0 Å². The Bertz CT molecular complexity index is 983. The summed E-state index contributed by atoms with van der Waals surface area (Å²) in [5.41, 5.74) is 0. The average Bonchev–Trinajstić information content (AvgIpc) is 2.81. The van der Waals surface area contributed by atoms with Crippen LogP contribution < -0.4 is 0 Å². The third-order valence-corrected chi connectivity index (χ3v) is 2.98. The van der Waals surface area contributed by atoms with Crippen molar-refractivity contribution in [2.45, 2.75) is 54.7 Å². The predicted octanol–water partition coefficient (Wildman–Crippen LogP) is 8.30. The Hall–Kier alpha value is -3.44. The van der Waals surface area contributed by atoms with E-state index < -0.39 is 73.0 Å². The van der Waals surface area contributed by atoms with Crippen LogP contribution in [0, 0.1) is 0 Å². The molecule has 0 saturated heterocycles. The van der Waals surface area contributed by atoms with Gasteiger partial charge in [-0.3, -0.25) is 19.6 Å². The quantitative estimate of drug-likeness (QED) is 0.118. The maximum absolute atomic E-state index is 14.0. The normalized spacial score (nSPS) is 13.1. The van der Waals surface area contributed by atoms with Gasteiger partial charge in [-0.25, -0.2) is 9.47 Å². The first-order valence-corrected chi connectivity index (χ1v) is 9.53. The fraction of sp³-hybridized carbons (Fsp3) is 0.600. The summed E-state index contributed by atoms with van der Waals surface area (Å²) in [5, 5.41) is 22.7. The van der Waals surface area contributed by atoms with Gasteiger partial charge in [-0.1, -0.05) is 0 Å². The Balaban J connectivity index is -0.000000475. The van der Waals surface area contributed by atoms with Crippen molar-refractivity contribution in [3.05, 3.63) is 37.0 Å². The molecule has 0 atom stereocenters. The minimum atomic E-state index is -8.17. The van der Waals surface area contributed by atoms with E-state index in [1.807, 2.05) is 0 Å². The van der Waals surface area contributed by atoms with Crippen molar-refractivity contribution in [2.75, 3.05) is 0 Å². The van der Waals surface area contributed by atoms with Crippen molar-refractivity contribution >= 4 is 0 Å². The summed E-state index contributed by atoms with van der Waals surface area (Å²) in [5.74, 6) is -8.17. The highest BCUT2D eigenvalue weighted by molar-refractivity contribution is 4.92. The number of hydrogen-bond acceptors (Lipinski definition) is 9. The molecule has 0 rings (SSSR count). The summed E-state index contributed by atoms with van der Waals surface area (Å²) in [7, 11) is 0. The van der Waals surface area contributed by atoms with Crippen molar-refractivity contribution in [1.29, 1.82) is 0 Å². The fourth-order valence-electron chi connectivity index (χ4n) is 1.20. The highest BCUT2D eigenvalue weighted by Gasteiger charge is 2.84.